The van der Waals surface area contributed by atoms with Gasteiger partial charge in [0.1, 0.15) is 17.1 Å². The molecule has 3 atom stereocenters. The number of nitrogens with two attached hydrogens (primary N) is 2. The van der Waals surface area contributed by atoms with Crippen molar-refractivity contribution in [1.29, 1.82) is 0 Å². The van der Waals surface area contributed by atoms with Crippen LogP contribution in [0.5, 0.6) is 0 Å². The van der Waals surface area contributed by atoms with Gasteiger partial charge in [0.2, 0.25) is 21.1 Å². The van der Waals surface area contributed by atoms with Crippen molar-refractivity contribution in [2.75, 3.05) is 11.5 Å². The number of amides is 2. The molecule has 7 N–H and O–H groups in total. The molecule has 198 valence electrons. The number of aromatic nitrogens is 4. The number of thioether (sulfide) groups is 2. The number of benzene rings is 1. The summed E-state index contributed by atoms with van der Waals surface area (Å²) in [4.78, 5) is 39.2. The molecule has 0 saturated carbocycles. The minimum atomic E-state index is -3.84. The summed E-state index contributed by atoms with van der Waals surface area (Å²) in [6, 6.07) is 6.32. The summed E-state index contributed by atoms with van der Waals surface area (Å²) >= 11 is 2.32. The average molecular weight is 569 g/mol. The summed E-state index contributed by atoms with van der Waals surface area (Å²) in [5.41, 5.74) is 7.39. The van der Waals surface area contributed by atoms with E-state index in [-0.39, 0.29) is 41.9 Å². The maximum atomic E-state index is 13.0. The highest BCUT2D eigenvalue weighted by atomic mass is 32.2. The number of carboxylic acids is 1. The standard InChI is InChI=1S/C20H24N8O6S3/c21-8-11-4-2-1-3-10(11)7-14(29)23-15-17(30)28-16(19(31)32)12(9-35-18(15)28)13(5-6-37(22,33)34)36-20-24-26-27-25-20/h1-4,13,15,18H,5-9,21H2,(H,23,29)(H,31,32)(H2,22,33,34)(H,24,25,26,27)/t13?,15?,18-/m0/s1. The smallest absolute Gasteiger partial charge is 0.352 e. The number of nitrogens with zero attached hydrogens (tertiary/aromatic N) is 4. The molecule has 2 unspecified atom stereocenters. The Morgan fingerprint density at radius 3 is 2.68 bits per heavy atom. The van der Waals surface area contributed by atoms with Gasteiger partial charge in [-0.1, -0.05) is 36.0 Å². The number of aromatic amines is 1. The average Bonchev–Trinajstić information content (AvgIpc) is 3.37. The number of carbonyl (C=O) groups is 3. The van der Waals surface area contributed by atoms with Gasteiger partial charge >= 0.3 is 5.97 Å². The predicted molar refractivity (Wildman–Crippen MR) is 134 cm³/mol. The first-order valence-electron chi connectivity index (χ1n) is 11.0. The Kier molecular flexibility index (Phi) is 8.17. The largest absolute Gasteiger partial charge is 0.477 e. The molecule has 2 aliphatic rings. The van der Waals surface area contributed by atoms with Crippen molar-refractivity contribution in [2.45, 2.75) is 41.2 Å². The molecule has 0 spiro atoms. The third kappa shape index (κ3) is 6.12. The van der Waals surface area contributed by atoms with Gasteiger partial charge in [0.15, 0.2) is 0 Å². The van der Waals surface area contributed by atoms with Crippen molar-refractivity contribution in [2.24, 2.45) is 10.9 Å². The molecule has 2 amide bonds. The Morgan fingerprint density at radius 1 is 1.32 bits per heavy atom. The molecule has 1 aromatic heterocycles. The molecule has 1 saturated heterocycles. The van der Waals surface area contributed by atoms with E-state index in [0.29, 0.717) is 5.57 Å². The van der Waals surface area contributed by atoms with Gasteiger partial charge in [0.25, 0.3) is 5.91 Å². The van der Waals surface area contributed by atoms with Crippen molar-refractivity contribution in [3.05, 3.63) is 46.7 Å². The van der Waals surface area contributed by atoms with Crippen molar-refractivity contribution >= 4 is 51.3 Å². The summed E-state index contributed by atoms with van der Waals surface area (Å²) in [6.07, 6.45) is 0.00317. The summed E-state index contributed by atoms with van der Waals surface area (Å²) in [5.74, 6) is -2.52. The Hall–Kier alpha value is -2.99. The molecule has 2 aromatic rings. The minimum Gasteiger partial charge on any atom is -0.477 e. The number of aliphatic carboxylic acids is 1. The van der Waals surface area contributed by atoms with E-state index in [0.717, 1.165) is 27.8 Å². The number of rotatable bonds is 11. The number of hydrogen-bond donors (Lipinski definition) is 5. The second-order valence-corrected chi connectivity index (χ2v) is 12.3. The van der Waals surface area contributed by atoms with E-state index < -0.39 is 44.3 Å². The van der Waals surface area contributed by atoms with Crippen LogP contribution in [-0.2, 0) is 37.4 Å². The minimum absolute atomic E-state index is 0.0235. The van der Waals surface area contributed by atoms with Gasteiger partial charge in [0, 0.05) is 17.5 Å². The molecule has 37 heavy (non-hydrogen) atoms. The highest BCUT2D eigenvalue weighted by molar-refractivity contribution is 8.01. The van der Waals surface area contributed by atoms with E-state index in [9.17, 15) is 27.9 Å². The van der Waals surface area contributed by atoms with Crippen LogP contribution >= 0.6 is 23.5 Å². The van der Waals surface area contributed by atoms with Gasteiger partial charge in [-0.3, -0.25) is 14.5 Å². The Balaban J connectivity index is 1.54. The quantitative estimate of drug-likeness (QED) is 0.159. The fraction of sp³-hybridized carbons (Fsp3) is 0.400. The zero-order valence-corrected chi connectivity index (χ0v) is 21.7. The molecular weight excluding hydrogens is 544 g/mol. The first-order chi connectivity index (χ1) is 17.6. The van der Waals surface area contributed by atoms with Crippen molar-refractivity contribution < 1.29 is 27.9 Å². The van der Waals surface area contributed by atoms with E-state index in [1.165, 1.54) is 11.8 Å². The number of tetrazole rings is 1. The second kappa shape index (κ2) is 11.2. The summed E-state index contributed by atoms with van der Waals surface area (Å²) in [6.45, 7) is 0.266. The highest BCUT2D eigenvalue weighted by Crippen LogP contribution is 2.44. The number of nitrogens with one attached hydrogen (secondary N) is 2. The summed E-state index contributed by atoms with van der Waals surface area (Å²) in [5, 5.41) is 30.1. The highest BCUT2D eigenvalue weighted by Gasteiger charge is 2.54. The Morgan fingerprint density at radius 2 is 2.05 bits per heavy atom. The Bertz CT molecular complexity index is 1330. The molecule has 1 aromatic carbocycles. The maximum Gasteiger partial charge on any atom is 0.352 e. The maximum absolute atomic E-state index is 13.0. The van der Waals surface area contributed by atoms with Crippen LogP contribution in [0.4, 0.5) is 0 Å². The molecule has 0 aliphatic carbocycles. The van der Waals surface area contributed by atoms with Gasteiger partial charge in [0.05, 0.1) is 12.2 Å². The number of carbonyl (C=O) groups excluding carboxylic acids is 2. The predicted octanol–water partition coefficient (Wildman–Crippen LogP) is -1.22. The van der Waals surface area contributed by atoms with Crippen LogP contribution in [0.3, 0.4) is 0 Å². The molecule has 0 radical (unpaired) electrons. The fourth-order valence-corrected chi connectivity index (χ4v) is 7.39. The van der Waals surface area contributed by atoms with Crippen LogP contribution in [0.2, 0.25) is 0 Å². The second-order valence-electron chi connectivity index (χ2n) is 8.25. The lowest BCUT2D eigenvalue weighted by Crippen LogP contribution is -2.70. The number of H-pyrrole nitrogens is 1. The normalized spacial score (nSPS) is 20.3. The first-order valence-corrected chi connectivity index (χ1v) is 14.6. The van der Waals surface area contributed by atoms with Crippen molar-refractivity contribution in [1.82, 2.24) is 30.8 Å². The molecule has 3 heterocycles. The van der Waals surface area contributed by atoms with E-state index in [1.54, 1.807) is 12.1 Å². The van der Waals surface area contributed by atoms with Crippen molar-refractivity contribution in [3.8, 4) is 0 Å². The van der Waals surface area contributed by atoms with Crippen LogP contribution < -0.4 is 16.2 Å². The summed E-state index contributed by atoms with van der Waals surface area (Å²) < 4.78 is 23.2. The number of hydrogen-bond acceptors (Lipinski definition) is 11. The number of primary sulfonamides is 1. The van der Waals surface area contributed by atoms with Crippen LogP contribution in [0.25, 0.3) is 0 Å². The van der Waals surface area contributed by atoms with E-state index in [1.807, 2.05) is 12.1 Å². The number of carboxylic acid groups (broad SMARTS) is 1. The third-order valence-electron chi connectivity index (χ3n) is 5.84. The number of β-lactam (4-membered cyclic amide) rings is 1. The van der Waals surface area contributed by atoms with Crippen LogP contribution in [0.15, 0.2) is 40.7 Å². The third-order valence-corrected chi connectivity index (χ3v) is 9.15. The molecular formula is C20H24N8O6S3. The van der Waals surface area contributed by atoms with E-state index in [2.05, 4.69) is 25.9 Å². The molecule has 17 heteroatoms. The lowest BCUT2D eigenvalue weighted by atomic mass is 9.99. The molecule has 0 bridgehead atoms. The van der Waals surface area contributed by atoms with Crippen LogP contribution in [0.1, 0.15) is 17.5 Å². The van der Waals surface area contributed by atoms with Gasteiger partial charge in [-0.25, -0.2) is 23.4 Å². The van der Waals surface area contributed by atoms with Crippen LogP contribution in [0, 0.1) is 0 Å². The molecule has 14 nitrogen and oxygen atoms in total. The van der Waals surface area contributed by atoms with Crippen LogP contribution in [-0.4, -0.2) is 85.0 Å². The van der Waals surface area contributed by atoms with E-state index in [4.69, 9.17) is 10.9 Å². The lowest BCUT2D eigenvalue weighted by molar-refractivity contribution is -0.150. The Labute approximate surface area is 220 Å². The first kappa shape index (κ1) is 27.1. The zero-order chi connectivity index (χ0) is 26.7. The fourth-order valence-electron chi connectivity index (χ4n) is 4.13. The van der Waals surface area contributed by atoms with E-state index >= 15 is 0 Å². The van der Waals surface area contributed by atoms with Gasteiger partial charge in [-0.05, 0) is 33.5 Å². The number of sulfonamides is 1. The number of fused-ring (bicyclic) bond motifs is 1. The molecule has 2 aliphatic heterocycles. The summed E-state index contributed by atoms with van der Waals surface area (Å²) in [7, 11) is -3.84. The zero-order valence-electron chi connectivity index (χ0n) is 19.2. The lowest BCUT2D eigenvalue weighted by Gasteiger charge is -2.50. The molecule has 4 rings (SSSR count). The molecule has 1 fully saturated rings. The van der Waals surface area contributed by atoms with Crippen molar-refractivity contribution in [3.63, 3.8) is 0 Å². The van der Waals surface area contributed by atoms with Gasteiger partial charge in [-0.2, -0.15) is 0 Å². The monoisotopic (exact) mass is 568 g/mol. The SMILES string of the molecule is NCc1ccccc1CC(=O)NC1C(=O)N2C(C(=O)O)=C(C(CCS(N)(=O)=O)Sc3nnn[nH]3)CS[C@@H]12. The van der Waals surface area contributed by atoms with Gasteiger partial charge in [-0.15, -0.1) is 16.9 Å². The van der Waals surface area contributed by atoms with Gasteiger partial charge < -0.3 is 16.2 Å². The topological polar surface area (TPSA) is 227 Å².